The van der Waals surface area contributed by atoms with Crippen LogP contribution in [0.25, 0.3) is 11.3 Å². The van der Waals surface area contributed by atoms with Gasteiger partial charge in [0.1, 0.15) is 23.0 Å². The van der Waals surface area contributed by atoms with Crippen molar-refractivity contribution in [3.63, 3.8) is 0 Å². The third-order valence-corrected chi connectivity index (χ3v) is 7.64. The number of methoxy groups -OCH3 is 1. The number of aromatic nitrogens is 1. The lowest BCUT2D eigenvalue weighted by atomic mass is 9.98. The number of ether oxygens (including phenoxy) is 5. The van der Waals surface area contributed by atoms with Gasteiger partial charge in [-0.05, 0) is 61.8 Å². The molecule has 5 rings (SSSR count). The summed E-state index contributed by atoms with van der Waals surface area (Å²) in [5, 5.41) is 11.0. The van der Waals surface area contributed by atoms with Crippen LogP contribution < -0.4 is 18.9 Å². The van der Waals surface area contributed by atoms with E-state index in [0.717, 1.165) is 64.5 Å². The lowest BCUT2D eigenvalue weighted by Gasteiger charge is -2.27. The highest BCUT2D eigenvalue weighted by Gasteiger charge is 2.28. The van der Waals surface area contributed by atoms with Crippen molar-refractivity contribution in [3.05, 3.63) is 51.8 Å². The molecule has 39 heavy (non-hydrogen) atoms. The van der Waals surface area contributed by atoms with E-state index in [0.29, 0.717) is 44.1 Å². The lowest BCUT2D eigenvalue weighted by Crippen LogP contribution is -2.28. The highest BCUT2D eigenvalue weighted by Crippen LogP contribution is 2.44. The molecule has 3 aromatic rings. The summed E-state index contributed by atoms with van der Waals surface area (Å²) in [4.78, 5) is 15.5. The maximum Gasteiger partial charge on any atom is 0.508 e. The van der Waals surface area contributed by atoms with E-state index in [4.69, 9.17) is 28.8 Å². The fourth-order valence-corrected chi connectivity index (χ4v) is 5.59. The molecule has 1 aliphatic carbocycles. The molecule has 2 aliphatic rings. The maximum atomic E-state index is 11.0. The number of carbonyl (C=O) groups is 1. The number of hydrogen-bond acceptors (Lipinski definition) is 8. The van der Waals surface area contributed by atoms with Crippen molar-refractivity contribution in [3.8, 4) is 34.3 Å². The van der Waals surface area contributed by atoms with E-state index < -0.39 is 12.4 Å². The molecule has 1 aromatic heterocycles. The van der Waals surface area contributed by atoms with Crippen molar-refractivity contribution in [1.82, 2.24) is 4.98 Å². The van der Waals surface area contributed by atoms with Gasteiger partial charge in [-0.2, -0.15) is 0 Å². The zero-order valence-electron chi connectivity index (χ0n) is 22.4. The van der Waals surface area contributed by atoms with E-state index in [9.17, 15) is 4.79 Å². The molecular weight excluding hydrogens is 518 g/mol. The third kappa shape index (κ3) is 6.58. The Kier molecular flexibility index (Phi) is 8.76. The SMILES string of the molecule is CCCc1c(OCCCOc2ccc(-c3cscn3)c(OC)c2CC2CC2)ccc2c1OC(OC(=O)O)CC2. The van der Waals surface area contributed by atoms with Crippen LogP contribution in [0.4, 0.5) is 4.79 Å². The minimum atomic E-state index is -1.33. The second kappa shape index (κ2) is 12.6. The quantitative estimate of drug-likeness (QED) is 0.180. The van der Waals surface area contributed by atoms with E-state index in [1.54, 1.807) is 18.4 Å². The van der Waals surface area contributed by atoms with Gasteiger partial charge in [-0.3, -0.25) is 0 Å². The zero-order valence-corrected chi connectivity index (χ0v) is 23.3. The standard InChI is InChI=1S/C30H35NO7S/c1-3-5-22-25(11-8-20-9-13-27(37-28(20)22)38-30(32)33)35-14-4-15-36-26-12-10-21(24-17-39-18-31-24)29(34-2)23(26)16-19-6-7-19/h8,10-12,17-19,27H,3-7,9,13-16H2,1-2H3,(H,32,33). The molecule has 0 amide bonds. The normalized spacial score (nSPS) is 16.2. The average Bonchev–Trinajstić information content (AvgIpc) is 3.58. The van der Waals surface area contributed by atoms with E-state index in [1.807, 2.05) is 35.2 Å². The second-order valence-electron chi connectivity index (χ2n) is 9.95. The molecule has 1 unspecified atom stereocenters. The molecule has 8 nitrogen and oxygen atoms in total. The summed E-state index contributed by atoms with van der Waals surface area (Å²) in [5.41, 5.74) is 6.89. The largest absolute Gasteiger partial charge is 0.508 e. The Bertz CT molecular complexity index is 1270. The first-order valence-electron chi connectivity index (χ1n) is 13.6. The number of benzene rings is 2. The second-order valence-corrected chi connectivity index (χ2v) is 10.7. The third-order valence-electron chi connectivity index (χ3n) is 7.05. The zero-order chi connectivity index (χ0) is 27.2. The highest BCUT2D eigenvalue weighted by molar-refractivity contribution is 7.07. The molecule has 0 radical (unpaired) electrons. The molecule has 1 fully saturated rings. The monoisotopic (exact) mass is 553 g/mol. The number of hydrogen-bond donors (Lipinski definition) is 1. The fourth-order valence-electron chi connectivity index (χ4n) is 5.04. The molecule has 9 heteroatoms. The minimum Gasteiger partial charge on any atom is -0.496 e. The molecule has 0 saturated heterocycles. The molecule has 1 atom stereocenters. The van der Waals surface area contributed by atoms with Gasteiger partial charge in [0.05, 0.1) is 31.5 Å². The molecule has 1 saturated carbocycles. The van der Waals surface area contributed by atoms with Gasteiger partial charge in [0.25, 0.3) is 0 Å². The number of nitrogens with zero attached hydrogens (tertiary/aromatic N) is 1. The van der Waals surface area contributed by atoms with Crippen LogP contribution in [0.5, 0.6) is 23.0 Å². The Morgan fingerprint density at radius 1 is 1.10 bits per heavy atom. The molecule has 2 heterocycles. The van der Waals surface area contributed by atoms with E-state index in [1.165, 1.54) is 12.8 Å². The first-order valence-corrected chi connectivity index (χ1v) is 14.6. The summed E-state index contributed by atoms with van der Waals surface area (Å²) in [6, 6.07) is 8.05. The summed E-state index contributed by atoms with van der Waals surface area (Å²) >= 11 is 1.57. The van der Waals surface area contributed by atoms with Gasteiger partial charge in [-0.15, -0.1) is 11.3 Å². The summed E-state index contributed by atoms with van der Waals surface area (Å²) in [6.45, 7) is 3.09. The van der Waals surface area contributed by atoms with Crippen LogP contribution in [-0.2, 0) is 24.0 Å². The smallest absolute Gasteiger partial charge is 0.496 e. The predicted molar refractivity (Wildman–Crippen MR) is 148 cm³/mol. The molecule has 1 N–H and O–H groups in total. The van der Waals surface area contributed by atoms with Gasteiger partial charge in [0, 0.05) is 34.9 Å². The molecule has 208 valence electrons. The summed E-state index contributed by atoms with van der Waals surface area (Å²) in [5.74, 6) is 3.84. The van der Waals surface area contributed by atoms with Crippen LogP contribution in [-0.4, -0.2) is 42.9 Å². The van der Waals surface area contributed by atoms with Gasteiger partial charge in [-0.25, -0.2) is 9.78 Å². The van der Waals surface area contributed by atoms with Crippen molar-refractivity contribution in [2.45, 2.75) is 64.6 Å². The molecule has 0 spiro atoms. The van der Waals surface area contributed by atoms with E-state index >= 15 is 0 Å². The molecule has 1 aliphatic heterocycles. The van der Waals surface area contributed by atoms with Crippen LogP contribution in [0, 0.1) is 5.92 Å². The number of rotatable bonds is 13. The summed E-state index contributed by atoms with van der Waals surface area (Å²) < 4.78 is 29.1. The molecule has 0 bridgehead atoms. The Morgan fingerprint density at radius 3 is 2.54 bits per heavy atom. The maximum absolute atomic E-state index is 11.0. The van der Waals surface area contributed by atoms with Gasteiger partial charge in [0.2, 0.25) is 6.29 Å². The lowest BCUT2D eigenvalue weighted by molar-refractivity contribution is -0.0640. The van der Waals surface area contributed by atoms with E-state index in [2.05, 4.69) is 11.9 Å². The predicted octanol–water partition coefficient (Wildman–Crippen LogP) is 6.92. The van der Waals surface area contributed by atoms with Crippen LogP contribution in [0.1, 0.15) is 55.7 Å². The number of thiazole rings is 1. The Balaban J connectivity index is 1.23. The number of carboxylic acid groups (broad SMARTS) is 1. The Morgan fingerprint density at radius 2 is 1.87 bits per heavy atom. The van der Waals surface area contributed by atoms with Crippen molar-refractivity contribution >= 4 is 17.5 Å². The van der Waals surface area contributed by atoms with Crippen molar-refractivity contribution in [2.75, 3.05) is 20.3 Å². The van der Waals surface area contributed by atoms with Gasteiger partial charge >= 0.3 is 6.16 Å². The first kappa shape index (κ1) is 27.1. The first-order chi connectivity index (χ1) is 19.1. The topological polar surface area (TPSA) is 96.3 Å². The van der Waals surface area contributed by atoms with E-state index in [-0.39, 0.29) is 0 Å². The van der Waals surface area contributed by atoms with Crippen LogP contribution in [0.3, 0.4) is 0 Å². The number of fused-ring (bicyclic) bond motifs is 1. The van der Waals surface area contributed by atoms with Crippen molar-refractivity contribution in [1.29, 1.82) is 0 Å². The Labute approximate surface area is 232 Å². The van der Waals surface area contributed by atoms with Crippen LogP contribution >= 0.6 is 11.3 Å². The molecule has 2 aromatic carbocycles. The highest BCUT2D eigenvalue weighted by atomic mass is 32.1. The van der Waals surface area contributed by atoms with Gasteiger partial charge in [-0.1, -0.05) is 19.4 Å². The Hall–Kier alpha value is -3.46. The van der Waals surface area contributed by atoms with Crippen molar-refractivity contribution < 1.29 is 33.6 Å². The van der Waals surface area contributed by atoms with Crippen LogP contribution in [0.2, 0.25) is 0 Å². The average molecular weight is 554 g/mol. The van der Waals surface area contributed by atoms with Gasteiger partial charge in [0.15, 0.2) is 0 Å². The number of aryl methyl sites for hydroxylation is 1. The fraction of sp³-hybridized carbons (Fsp3) is 0.467. The minimum absolute atomic E-state index is 0.483. The summed E-state index contributed by atoms with van der Waals surface area (Å²) in [7, 11) is 1.71. The van der Waals surface area contributed by atoms with Gasteiger partial charge < -0.3 is 28.8 Å². The van der Waals surface area contributed by atoms with Crippen LogP contribution in [0.15, 0.2) is 35.2 Å². The van der Waals surface area contributed by atoms with Crippen molar-refractivity contribution in [2.24, 2.45) is 5.92 Å². The summed E-state index contributed by atoms with van der Waals surface area (Å²) in [6.07, 6.45) is 4.88. The molecular formula is C30H35NO7S.